The number of methoxy groups -OCH3 is 1. The van der Waals surface area contributed by atoms with E-state index >= 15 is 0 Å². The Morgan fingerprint density at radius 3 is 2.38 bits per heavy atom. The second-order valence-corrected chi connectivity index (χ2v) is 4.13. The van der Waals surface area contributed by atoms with Crippen LogP contribution in [0.25, 0.3) is 0 Å². The Labute approximate surface area is 97.4 Å². The number of nitrogens with one attached hydrogen (secondary N) is 1. The van der Waals surface area contributed by atoms with Gasteiger partial charge in [0.2, 0.25) is 0 Å². The molecule has 2 atom stereocenters. The first-order chi connectivity index (χ1) is 7.52. The van der Waals surface area contributed by atoms with Gasteiger partial charge in [-0.2, -0.15) is 0 Å². The summed E-state index contributed by atoms with van der Waals surface area (Å²) < 4.78 is 5.25. The summed E-state index contributed by atoms with van der Waals surface area (Å²) in [7, 11) is 3.51. The number of hydrogen-bond acceptors (Lipinski definition) is 3. The van der Waals surface area contributed by atoms with Gasteiger partial charge in [-0.3, -0.25) is 0 Å². The van der Waals surface area contributed by atoms with Crippen molar-refractivity contribution in [3.8, 4) is 5.75 Å². The van der Waals surface area contributed by atoms with E-state index in [2.05, 4.69) is 5.32 Å². The van der Waals surface area contributed by atoms with Gasteiger partial charge in [0, 0.05) is 6.04 Å². The van der Waals surface area contributed by atoms with E-state index in [-0.39, 0.29) is 6.04 Å². The van der Waals surface area contributed by atoms with Crippen LogP contribution in [-0.2, 0) is 0 Å². The zero-order valence-electron chi connectivity index (χ0n) is 10.7. The number of aliphatic hydroxyl groups is 1. The summed E-state index contributed by atoms with van der Waals surface area (Å²) in [5.74, 6) is 0.866. The predicted molar refractivity (Wildman–Crippen MR) is 65.9 cm³/mol. The fraction of sp³-hybridized carbons (Fsp3) is 0.538. The second kappa shape index (κ2) is 5.32. The van der Waals surface area contributed by atoms with Crippen LogP contribution < -0.4 is 10.1 Å². The molecule has 0 aliphatic carbocycles. The van der Waals surface area contributed by atoms with Crippen LogP contribution in [0, 0.1) is 13.8 Å². The summed E-state index contributed by atoms with van der Waals surface area (Å²) in [4.78, 5) is 0. The summed E-state index contributed by atoms with van der Waals surface area (Å²) >= 11 is 0. The fourth-order valence-corrected chi connectivity index (χ4v) is 1.79. The van der Waals surface area contributed by atoms with Gasteiger partial charge in [0.15, 0.2) is 0 Å². The fourth-order valence-electron chi connectivity index (χ4n) is 1.79. The lowest BCUT2D eigenvalue weighted by Gasteiger charge is -2.22. The van der Waals surface area contributed by atoms with Crippen molar-refractivity contribution in [1.82, 2.24) is 5.32 Å². The standard InChI is InChI=1S/C13H21NO2/c1-8-9(2)12(16-5)7-6-11(8)13(15)10(3)14-4/h6-7,10,13-15H,1-5H3. The maximum absolute atomic E-state index is 10.2. The van der Waals surface area contributed by atoms with Gasteiger partial charge >= 0.3 is 0 Å². The van der Waals surface area contributed by atoms with E-state index in [4.69, 9.17) is 4.74 Å². The Morgan fingerprint density at radius 2 is 1.88 bits per heavy atom. The van der Waals surface area contributed by atoms with Crippen molar-refractivity contribution in [2.75, 3.05) is 14.2 Å². The first-order valence-corrected chi connectivity index (χ1v) is 5.52. The molecule has 0 radical (unpaired) electrons. The zero-order valence-corrected chi connectivity index (χ0v) is 10.7. The third-order valence-electron chi connectivity index (χ3n) is 3.25. The zero-order chi connectivity index (χ0) is 12.3. The maximum atomic E-state index is 10.2. The average Bonchev–Trinajstić information content (AvgIpc) is 2.30. The van der Waals surface area contributed by atoms with E-state index in [1.165, 1.54) is 0 Å². The predicted octanol–water partition coefficient (Wildman–Crippen LogP) is 1.95. The minimum Gasteiger partial charge on any atom is -0.496 e. The molecule has 0 aromatic heterocycles. The maximum Gasteiger partial charge on any atom is 0.122 e. The van der Waals surface area contributed by atoms with Crippen molar-refractivity contribution in [2.45, 2.75) is 32.9 Å². The summed E-state index contributed by atoms with van der Waals surface area (Å²) in [6.45, 7) is 5.98. The van der Waals surface area contributed by atoms with E-state index in [9.17, 15) is 5.11 Å². The van der Waals surface area contributed by atoms with Crippen molar-refractivity contribution in [3.63, 3.8) is 0 Å². The highest BCUT2D eigenvalue weighted by molar-refractivity contribution is 5.44. The molecule has 0 aliphatic heterocycles. The van der Waals surface area contributed by atoms with Crippen molar-refractivity contribution in [2.24, 2.45) is 0 Å². The van der Waals surface area contributed by atoms with E-state index in [1.54, 1.807) is 7.11 Å². The summed E-state index contributed by atoms with van der Waals surface area (Å²) in [5.41, 5.74) is 3.14. The third kappa shape index (κ3) is 2.36. The minimum atomic E-state index is -0.491. The van der Waals surface area contributed by atoms with Crippen LogP contribution in [0.1, 0.15) is 29.7 Å². The average molecular weight is 223 g/mol. The molecular formula is C13H21NO2. The van der Waals surface area contributed by atoms with E-state index in [0.717, 1.165) is 22.4 Å². The van der Waals surface area contributed by atoms with Crippen molar-refractivity contribution in [3.05, 3.63) is 28.8 Å². The van der Waals surface area contributed by atoms with Gasteiger partial charge in [0.1, 0.15) is 5.75 Å². The Kier molecular flexibility index (Phi) is 4.33. The molecule has 2 unspecified atom stereocenters. The van der Waals surface area contributed by atoms with Gasteiger partial charge in [-0.05, 0) is 50.6 Å². The molecule has 90 valence electrons. The molecule has 1 aromatic rings. The molecular weight excluding hydrogens is 202 g/mol. The van der Waals surface area contributed by atoms with Crippen molar-refractivity contribution in [1.29, 1.82) is 0 Å². The van der Waals surface area contributed by atoms with Gasteiger partial charge in [0.05, 0.1) is 13.2 Å². The lowest BCUT2D eigenvalue weighted by molar-refractivity contribution is 0.139. The second-order valence-electron chi connectivity index (χ2n) is 4.13. The topological polar surface area (TPSA) is 41.5 Å². The van der Waals surface area contributed by atoms with Crippen LogP contribution in [0.15, 0.2) is 12.1 Å². The Balaban J connectivity index is 3.11. The molecule has 0 fully saturated rings. The number of benzene rings is 1. The van der Waals surface area contributed by atoms with Crippen LogP contribution in [0.2, 0.25) is 0 Å². The molecule has 0 saturated heterocycles. The smallest absolute Gasteiger partial charge is 0.122 e. The monoisotopic (exact) mass is 223 g/mol. The lowest BCUT2D eigenvalue weighted by Crippen LogP contribution is -2.29. The van der Waals surface area contributed by atoms with E-state index < -0.39 is 6.10 Å². The Hall–Kier alpha value is -1.06. The van der Waals surface area contributed by atoms with Crippen LogP contribution in [0.4, 0.5) is 0 Å². The summed E-state index contributed by atoms with van der Waals surface area (Å²) in [5, 5.41) is 13.2. The van der Waals surface area contributed by atoms with Crippen LogP contribution in [-0.4, -0.2) is 25.3 Å². The van der Waals surface area contributed by atoms with Crippen LogP contribution >= 0.6 is 0 Å². The summed E-state index contributed by atoms with van der Waals surface area (Å²) in [6.07, 6.45) is -0.491. The first-order valence-electron chi connectivity index (χ1n) is 5.52. The van der Waals surface area contributed by atoms with E-state index in [1.807, 2.05) is 40.0 Å². The molecule has 1 aromatic carbocycles. The third-order valence-corrected chi connectivity index (χ3v) is 3.25. The number of aliphatic hydroxyl groups excluding tert-OH is 1. The number of hydrogen-bond donors (Lipinski definition) is 2. The Morgan fingerprint density at radius 1 is 1.25 bits per heavy atom. The normalized spacial score (nSPS) is 14.6. The van der Waals surface area contributed by atoms with Gasteiger partial charge in [-0.15, -0.1) is 0 Å². The molecule has 2 N–H and O–H groups in total. The van der Waals surface area contributed by atoms with Gasteiger partial charge in [-0.1, -0.05) is 6.07 Å². The van der Waals surface area contributed by atoms with Gasteiger partial charge < -0.3 is 15.2 Å². The highest BCUT2D eigenvalue weighted by atomic mass is 16.5. The quantitative estimate of drug-likeness (QED) is 0.820. The molecule has 0 heterocycles. The molecule has 0 spiro atoms. The molecule has 0 aliphatic rings. The number of ether oxygens (including phenoxy) is 1. The highest BCUT2D eigenvalue weighted by Gasteiger charge is 2.18. The number of rotatable bonds is 4. The number of likely N-dealkylation sites (N-methyl/N-ethyl adjacent to an activating group) is 1. The van der Waals surface area contributed by atoms with Gasteiger partial charge in [0.25, 0.3) is 0 Å². The van der Waals surface area contributed by atoms with Crippen molar-refractivity contribution < 1.29 is 9.84 Å². The molecule has 0 saturated carbocycles. The van der Waals surface area contributed by atoms with Crippen molar-refractivity contribution >= 4 is 0 Å². The molecule has 0 bridgehead atoms. The molecule has 0 amide bonds. The largest absolute Gasteiger partial charge is 0.496 e. The molecule has 3 nitrogen and oxygen atoms in total. The molecule has 1 rings (SSSR count). The molecule has 16 heavy (non-hydrogen) atoms. The Bertz CT molecular complexity index is 363. The summed E-state index contributed by atoms with van der Waals surface area (Å²) in [6, 6.07) is 3.87. The SMILES string of the molecule is CNC(C)C(O)c1ccc(OC)c(C)c1C. The van der Waals surface area contributed by atoms with Crippen LogP contribution in [0.3, 0.4) is 0 Å². The van der Waals surface area contributed by atoms with Gasteiger partial charge in [-0.25, -0.2) is 0 Å². The highest BCUT2D eigenvalue weighted by Crippen LogP contribution is 2.28. The molecule has 3 heteroatoms. The minimum absolute atomic E-state index is 0.0338. The first kappa shape index (κ1) is 13.0. The van der Waals surface area contributed by atoms with Crippen LogP contribution in [0.5, 0.6) is 5.75 Å². The lowest BCUT2D eigenvalue weighted by atomic mass is 9.95. The van der Waals surface area contributed by atoms with E-state index in [0.29, 0.717) is 0 Å².